The van der Waals surface area contributed by atoms with Crippen molar-refractivity contribution >= 4 is 0 Å². The fourth-order valence-corrected chi connectivity index (χ4v) is 1.69. The van der Waals surface area contributed by atoms with Crippen LogP contribution in [0.4, 0.5) is 0 Å². The molecule has 0 atom stereocenters. The van der Waals surface area contributed by atoms with Gasteiger partial charge in [-0.15, -0.1) is 0 Å². The zero-order chi connectivity index (χ0) is 10.8. The van der Waals surface area contributed by atoms with Gasteiger partial charge in [0.1, 0.15) is 11.5 Å². The van der Waals surface area contributed by atoms with E-state index in [0.29, 0.717) is 0 Å². The van der Waals surface area contributed by atoms with Crippen molar-refractivity contribution in [3.05, 3.63) is 35.7 Å². The number of rotatable bonds is 2. The number of aromatic nitrogens is 1. The molecule has 0 saturated heterocycles. The van der Waals surface area contributed by atoms with E-state index < -0.39 is 0 Å². The third kappa shape index (κ3) is 1.61. The number of phenols is 1. The zero-order valence-electron chi connectivity index (χ0n) is 8.82. The Hall–Kier alpha value is -1.77. The highest BCUT2D eigenvalue weighted by atomic mass is 16.5. The van der Waals surface area contributed by atoms with Gasteiger partial charge in [-0.05, 0) is 13.0 Å². The average Bonchev–Trinajstić information content (AvgIpc) is 2.60. The maximum absolute atomic E-state index is 9.76. The predicted octanol–water partition coefficient (Wildman–Crippen LogP) is 2.92. The van der Waals surface area contributed by atoms with Crippen LogP contribution in [0.15, 0.2) is 28.8 Å². The molecule has 2 aromatic rings. The molecule has 0 saturated carbocycles. The number of benzene rings is 1. The SMILES string of the molecule is CCc1onc(C)c1-c1ccccc1O. The van der Waals surface area contributed by atoms with Crippen molar-refractivity contribution in [2.24, 2.45) is 0 Å². The van der Waals surface area contributed by atoms with Crippen LogP contribution >= 0.6 is 0 Å². The second-order valence-corrected chi connectivity index (χ2v) is 3.44. The first kappa shape index (κ1) is 9.77. The first-order valence-corrected chi connectivity index (χ1v) is 4.97. The lowest BCUT2D eigenvalue weighted by atomic mass is 10.0. The predicted molar refractivity (Wildman–Crippen MR) is 57.7 cm³/mol. The van der Waals surface area contributed by atoms with Crippen molar-refractivity contribution in [3.8, 4) is 16.9 Å². The van der Waals surface area contributed by atoms with Crippen LogP contribution < -0.4 is 0 Å². The van der Waals surface area contributed by atoms with Crippen LogP contribution in [0.3, 0.4) is 0 Å². The molecule has 1 heterocycles. The Kier molecular flexibility index (Phi) is 2.46. The molecular weight excluding hydrogens is 190 g/mol. The Balaban J connectivity index is 2.63. The van der Waals surface area contributed by atoms with Gasteiger partial charge in [-0.3, -0.25) is 0 Å². The Labute approximate surface area is 88.3 Å². The normalized spacial score (nSPS) is 10.5. The van der Waals surface area contributed by atoms with E-state index >= 15 is 0 Å². The van der Waals surface area contributed by atoms with Gasteiger partial charge in [0.25, 0.3) is 0 Å². The summed E-state index contributed by atoms with van der Waals surface area (Å²) >= 11 is 0. The molecule has 1 N–H and O–H groups in total. The summed E-state index contributed by atoms with van der Waals surface area (Å²) < 4.78 is 5.19. The van der Waals surface area contributed by atoms with Gasteiger partial charge in [0.15, 0.2) is 0 Å². The van der Waals surface area contributed by atoms with Crippen molar-refractivity contribution in [1.82, 2.24) is 5.16 Å². The molecule has 0 aliphatic carbocycles. The van der Waals surface area contributed by atoms with Gasteiger partial charge in [-0.1, -0.05) is 30.3 Å². The highest BCUT2D eigenvalue weighted by molar-refractivity contribution is 5.73. The van der Waals surface area contributed by atoms with Gasteiger partial charge in [0.05, 0.1) is 11.3 Å². The van der Waals surface area contributed by atoms with Crippen LogP contribution in [-0.4, -0.2) is 10.3 Å². The minimum absolute atomic E-state index is 0.263. The molecule has 3 heteroatoms. The van der Waals surface area contributed by atoms with E-state index in [4.69, 9.17) is 4.52 Å². The van der Waals surface area contributed by atoms with Crippen LogP contribution in [0, 0.1) is 6.92 Å². The lowest BCUT2D eigenvalue weighted by Gasteiger charge is -2.03. The van der Waals surface area contributed by atoms with Crippen LogP contribution in [0.2, 0.25) is 0 Å². The standard InChI is InChI=1S/C12H13NO2/c1-3-11-12(8(2)13-15-11)9-6-4-5-7-10(9)14/h4-7,14H,3H2,1-2H3. The molecule has 0 amide bonds. The Bertz CT molecular complexity index is 474. The largest absolute Gasteiger partial charge is 0.507 e. The summed E-state index contributed by atoms with van der Waals surface area (Å²) in [5.74, 6) is 1.08. The number of hydrogen-bond acceptors (Lipinski definition) is 3. The molecule has 78 valence electrons. The van der Waals surface area contributed by atoms with E-state index in [-0.39, 0.29) is 5.75 Å². The summed E-state index contributed by atoms with van der Waals surface area (Å²) in [4.78, 5) is 0. The third-order valence-electron chi connectivity index (χ3n) is 2.43. The van der Waals surface area contributed by atoms with E-state index in [1.165, 1.54) is 0 Å². The second-order valence-electron chi connectivity index (χ2n) is 3.44. The Morgan fingerprint density at radius 2 is 2.07 bits per heavy atom. The molecule has 1 aromatic carbocycles. The molecule has 0 bridgehead atoms. The maximum Gasteiger partial charge on any atom is 0.144 e. The summed E-state index contributed by atoms with van der Waals surface area (Å²) in [6.07, 6.45) is 0.768. The van der Waals surface area contributed by atoms with Gasteiger partial charge in [0, 0.05) is 12.0 Å². The molecule has 0 unspecified atom stereocenters. The number of para-hydroxylation sites is 1. The van der Waals surface area contributed by atoms with Crippen molar-refractivity contribution in [1.29, 1.82) is 0 Å². The number of nitrogens with zero attached hydrogens (tertiary/aromatic N) is 1. The molecule has 2 rings (SSSR count). The summed E-state index contributed by atoms with van der Waals surface area (Å²) in [7, 11) is 0. The second kappa shape index (κ2) is 3.77. The fourth-order valence-electron chi connectivity index (χ4n) is 1.69. The minimum atomic E-state index is 0.263. The van der Waals surface area contributed by atoms with Crippen LogP contribution in [0.5, 0.6) is 5.75 Å². The minimum Gasteiger partial charge on any atom is -0.507 e. The summed E-state index contributed by atoms with van der Waals surface area (Å²) in [6.45, 7) is 3.88. The highest BCUT2D eigenvalue weighted by Crippen LogP contribution is 2.33. The fraction of sp³-hybridized carbons (Fsp3) is 0.250. The number of hydrogen-bond donors (Lipinski definition) is 1. The molecule has 1 aromatic heterocycles. The molecule has 0 aliphatic heterocycles. The topological polar surface area (TPSA) is 46.3 Å². The molecule has 3 nitrogen and oxygen atoms in total. The molecular formula is C12H13NO2. The van der Waals surface area contributed by atoms with E-state index in [0.717, 1.165) is 29.0 Å². The first-order valence-electron chi connectivity index (χ1n) is 4.97. The van der Waals surface area contributed by atoms with Crippen molar-refractivity contribution < 1.29 is 9.63 Å². The van der Waals surface area contributed by atoms with Gasteiger partial charge >= 0.3 is 0 Å². The number of phenolic OH excluding ortho intramolecular Hbond substituents is 1. The van der Waals surface area contributed by atoms with Crippen LogP contribution in [0.1, 0.15) is 18.4 Å². The molecule has 0 aliphatic rings. The smallest absolute Gasteiger partial charge is 0.144 e. The van der Waals surface area contributed by atoms with Crippen molar-refractivity contribution in [2.75, 3.05) is 0 Å². The third-order valence-corrected chi connectivity index (χ3v) is 2.43. The first-order chi connectivity index (χ1) is 7.24. The van der Waals surface area contributed by atoms with Crippen LogP contribution in [0.25, 0.3) is 11.1 Å². The zero-order valence-corrected chi connectivity index (χ0v) is 8.82. The van der Waals surface area contributed by atoms with E-state index in [1.54, 1.807) is 12.1 Å². The molecule has 0 fully saturated rings. The lowest BCUT2D eigenvalue weighted by molar-refractivity contribution is 0.383. The van der Waals surface area contributed by atoms with Gasteiger partial charge < -0.3 is 9.63 Å². The van der Waals surface area contributed by atoms with E-state index in [1.807, 2.05) is 26.0 Å². The highest BCUT2D eigenvalue weighted by Gasteiger charge is 2.15. The molecule has 0 spiro atoms. The monoisotopic (exact) mass is 203 g/mol. The van der Waals surface area contributed by atoms with Crippen LogP contribution in [-0.2, 0) is 6.42 Å². The molecule has 0 radical (unpaired) electrons. The number of aromatic hydroxyl groups is 1. The average molecular weight is 203 g/mol. The van der Waals surface area contributed by atoms with Crippen molar-refractivity contribution in [2.45, 2.75) is 20.3 Å². The van der Waals surface area contributed by atoms with E-state index in [2.05, 4.69) is 5.16 Å². The maximum atomic E-state index is 9.76. The van der Waals surface area contributed by atoms with E-state index in [9.17, 15) is 5.11 Å². The Morgan fingerprint density at radius 3 is 2.73 bits per heavy atom. The lowest BCUT2D eigenvalue weighted by Crippen LogP contribution is -1.85. The molecule has 15 heavy (non-hydrogen) atoms. The van der Waals surface area contributed by atoms with Crippen molar-refractivity contribution in [3.63, 3.8) is 0 Å². The van der Waals surface area contributed by atoms with Gasteiger partial charge in [-0.25, -0.2) is 0 Å². The van der Waals surface area contributed by atoms with Gasteiger partial charge in [-0.2, -0.15) is 0 Å². The number of aryl methyl sites for hydroxylation is 2. The quantitative estimate of drug-likeness (QED) is 0.816. The summed E-state index contributed by atoms with van der Waals surface area (Å²) in [6, 6.07) is 7.23. The summed E-state index contributed by atoms with van der Waals surface area (Å²) in [5.41, 5.74) is 2.51. The van der Waals surface area contributed by atoms with Gasteiger partial charge in [0.2, 0.25) is 0 Å². The summed E-state index contributed by atoms with van der Waals surface area (Å²) in [5, 5.41) is 13.7. The Morgan fingerprint density at radius 1 is 1.33 bits per heavy atom.